The van der Waals surface area contributed by atoms with Crippen LogP contribution in [0.3, 0.4) is 0 Å². The molecule has 0 radical (unpaired) electrons. The summed E-state index contributed by atoms with van der Waals surface area (Å²) in [5, 5.41) is 9.56. The van der Waals surface area contributed by atoms with Crippen LogP contribution in [0.2, 0.25) is 0 Å². The van der Waals surface area contributed by atoms with E-state index in [0.717, 1.165) is 56.2 Å². The summed E-state index contributed by atoms with van der Waals surface area (Å²) in [6.07, 6.45) is 4.43. The Kier molecular flexibility index (Phi) is 12.5. The Hall–Kier alpha value is -1.71. The van der Waals surface area contributed by atoms with Gasteiger partial charge in [-0.25, -0.2) is 0 Å². The van der Waals surface area contributed by atoms with Gasteiger partial charge in [-0.2, -0.15) is 0 Å². The van der Waals surface area contributed by atoms with Crippen molar-refractivity contribution in [3.63, 3.8) is 0 Å². The number of guanidine groups is 1. The Bertz CT molecular complexity index is 651. The van der Waals surface area contributed by atoms with Crippen molar-refractivity contribution in [3.8, 4) is 11.5 Å². The first-order chi connectivity index (χ1) is 13.7. The molecule has 8 heteroatoms. The largest absolute Gasteiger partial charge is 0.490 e. The molecular weight excluding hydrogens is 483 g/mol. The average molecular weight is 518 g/mol. The van der Waals surface area contributed by atoms with Crippen LogP contribution in [0.5, 0.6) is 11.5 Å². The van der Waals surface area contributed by atoms with Crippen LogP contribution in [0.15, 0.2) is 23.2 Å². The van der Waals surface area contributed by atoms with E-state index in [4.69, 9.17) is 9.47 Å². The van der Waals surface area contributed by atoms with Crippen LogP contribution in [-0.4, -0.2) is 51.3 Å². The fraction of sp³-hybridized carbons (Fsp3) is 0.619. The lowest BCUT2D eigenvalue weighted by molar-refractivity contribution is -0.121. The zero-order valence-electron chi connectivity index (χ0n) is 17.8. The number of nitrogens with one attached hydrogen (secondary N) is 3. The number of hydrogen-bond donors (Lipinski definition) is 3. The second-order valence-electron chi connectivity index (χ2n) is 6.77. The highest BCUT2D eigenvalue weighted by Gasteiger charge is 2.22. The molecule has 0 aliphatic heterocycles. The summed E-state index contributed by atoms with van der Waals surface area (Å²) >= 11 is 0. The minimum absolute atomic E-state index is 0. The molecule has 2 rings (SSSR count). The number of hydrogen-bond acceptors (Lipinski definition) is 4. The monoisotopic (exact) mass is 518 g/mol. The third-order valence-corrected chi connectivity index (χ3v) is 4.35. The van der Waals surface area contributed by atoms with E-state index in [1.807, 2.05) is 26.0 Å². The molecule has 3 N–H and O–H groups in total. The Morgan fingerprint density at radius 1 is 1.10 bits per heavy atom. The van der Waals surface area contributed by atoms with E-state index in [1.165, 1.54) is 5.56 Å². The molecule has 1 aliphatic rings. The predicted octanol–water partition coefficient (Wildman–Crippen LogP) is 2.87. The Morgan fingerprint density at radius 2 is 1.79 bits per heavy atom. The minimum Gasteiger partial charge on any atom is -0.490 e. The van der Waals surface area contributed by atoms with E-state index in [9.17, 15) is 4.79 Å². The molecule has 7 nitrogen and oxygen atoms in total. The summed E-state index contributed by atoms with van der Waals surface area (Å²) in [4.78, 5) is 15.9. The summed E-state index contributed by atoms with van der Waals surface area (Å²) in [5.74, 6) is 2.46. The molecule has 1 fully saturated rings. The van der Waals surface area contributed by atoms with Gasteiger partial charge in [-0.15, -0.1) is 24.0 Å². The van der Waals surface area contributed by atoms with Crippen LogP contribution in [-0.2, 0) is 11.2 Å². The van der Waals surface area contributed by atoms with Crippen LogP contribution in [0.1, 0.15) is 45.1 Å². The molecule has 1 saturated carbocycles. The molecule has 0 saturated heterocycles. The van der Waals surface area contributed by atoms with Gasteiger partial charge in [0.15, 0.2) is 17.5 Å². The van der Waals surface area contributed by atoms with Crippen molar-refractivity contribution >= 4 is 35.8 Å². The lowest BCUT2D eigenvalue weighted by atomic mass is 10.1. The second-order valence-corrected chi connectivity index (χ2v) is 6.77. The number of ether oxygens (including phenoxy) is 2. The molecule has 0 heterocycles. The maximum Gasteiger partial charge on any atom is 0.220 e. The van der Waals surface area contributed by atoms with E-state index < -0.39 is 0 Å². The highest BCUT2D eigenvalue weighted by molar-refractivity contribution is 14.0. The highest BCUT2D eigenvalue weighted by atomic mass is 127. The second kappa shape index (κ2) is 14.3. The van der Waals surface area contributed by atoms with Crippen molar-refractivity contribution < 1.29 is 14.3 Å². The van der Waals surface area contributed by atoms with E-state index >= 15 is 0 Å². The first-order valence-corrected chi connectivity index (χ1v) is 10.3. The Morgan fingerprint density at radius 3 is 2.45 bits per heavy atom. The molecule has 0 spiro atoms. The first-order valence-electron chi connectivity index (χ1n) is 10.3. The topological polar surface area (TPSA) is 84.0 Å². The van der Waals surface area contributed by atoms with E-state index in [-0.39, 0.29) is 29.9 Å². The molecule has 1 aromatic carbocycles. The van der Waals surface area contributed by atoms with Crippen LogP contribution in [0.4, 0.5) is 0 Å². The van der Waals surface area contributed by atoms with Crippen LogP contribution >= 0.6 is 24.0 Å². The fourth-order valence-corrected chi connectivity index (χ4v) is 2.78. The van der Waals surface area contributed by atoms with Gasteiger partial charge in [-0.1, -0.05) is 6.07 Å². The van der Waals surface area contributed by atoms with Gasteiger partial charge in [-0.05, 0) is 57.2 Å². The van der Waals surface area contributed by atoms with Crippen molar-refractivity contribution in [2.45, 2.75) is 52.0 Å². The normalized spacial score (nSPS) is 13.3. The van der Waals surface area contributed by atoms with Crippen LogP contribution in [0.25, 0.3) is 0 Å². The van der Waals surface area contributed by atoms with Gasteiger partial charge < -0.3 is 25.4 Å². The molecule has 0 unspecified atom stereocenters. The molecule has 29 heavy (non-hydrogen) atoms. The number of nitrogens with zero attached hydrogens (tertiary/aromatic N) is 1. The van der Waals surface area contributed by atoms with Gasteiger partial charge in [0.25, 0.3) is 0 Å². The highest BCUT2D eigenvalue weighted by Crippen LogP contribution is 2.28. The molecule has 1 amide bonds. The van der Waals surface area contributed by atoms with Crippen molar-refractivity contribution in [1.29, 1.82) is 0 Å². The maximum atomic E-state index is 11.7. The van der Waals surface area contributed by atoms with Crippen molar-refractivity contribution in [3.05, 3.63) is 23.8 Å². The van der Waals surface area contributed by atoms with Crippen molar-refractivity contribution in [2.75, 3.05) is 33.4 Å². The molecule has 164 valence electrons. The van der Waals surface area contributed by atoms with Crippen molar-refractivity contribution in [1.82, 2.24) is 16.0 Å². The zero-order chi connectivity index (χ0) is 20.2. The van der Waals surface area contributed by atoms with Gasteiger partial charge in [0.2, 0.25) is 5.91 Å². The van der Waals surface area contributed by atoms with Gasteiger partial charge in [0.05, 0.1) is 13.2 Å². The summed E-state index contributed by atoms with van der Waals surface area (Å²) in [6, 6.07) is 6.49. The SMILES string of the molecule is CCOc1ccc(CCNC(=NC)NCCCC(=O)NC2CC2)cc1OCC.I. The number of carbonyl (C=O) groups is 1. The number of carbonyl (C=O) groups excluding carboxylic acids is 1. The number of aliphatic imine (C=N–C) groups is 1. The van der Waals surface area contributed by atoms with E-state index in [1.54, 1.807) is 7.05 Å². The van der Waals surface area contributed by atoms with Crippen LogP contribution < -0.4 is 25.4 Å². The third kappa shape index (κ3) is 10.0. The summed E-state index contributed by atoms with van der Waals surface area (Å²) < 4.78 is 11.3. The summed E-state index contributed by atoms with van der Waals surface area (Å²) in [7, 11) is 1.75. The van der Waals surface area contributed by atoms with E-state index in [2.05, 4.69) is 27.0 Å². The predicted molar refractivity (Wildman–Crippen MR) is 128 cm³/mol. The average Bonchev–Trinajstić information content (AvgIpc) is 3.50. The van der Waals surface area contributed by atoms with Gasteiger partial charge in [0, 0.05) is 32.6 Å². The number of benzene rings is 1. The van der Waals surface area contributed by atoms with E-state index in [0.29, 0.717) is 25.7 Å². The Labute approximate surface area is 191 Å². The smallest absolute Gasteiger partial charge is 0.220 e. The lowest BCUT2D eigenvalue weighted by Gasteiger charge is -2.14. The van der Waals surface area contributed by atoms with Gasteiger partial charge in [-0.3, -0.25) is 9.79 Å². The standard InChI is InChI=1S/C21H34N4O3.HI/c1-4-27-18-11-8-16(15-19(18)28-5-2)12-14-24-21(22-3)23-13-6-7-20(26)25-17-9-10-17;/h8,11,15,17H,4-7,9-10,12-14H2,1-3H3,(H,25,26)(H2,22,23,24);1H. The fourth-order valence-electron chi connectivity index (χ4n) is 2.78. The summed E-state index contributed by atoms with van der Waals surface area (Å²) in [6.45, 7) is 6.62. The number of amides is 1. The Balaban J connectivity index is 0.00000420. The number of rotatable bonds is 12. The quantitative estimate of drug-likeness (QED) is 0.172. The van der Waals surface area contributed by atoms with Crippen molar-refractivity contribution in [2.24, 2.45) is 4.99 Å². The van der Waals surface area contributed by atoms with Crippen LogP contribution in [0, 0.1) is 0 Å². The molecule has 1 aromatic rings. The third-order valence-electron chi connectivity index (χ3n) is 4.35. The molecule has 1 aliphatic carbocycles. The van der Waals surface area contributed by atoms with Gasteiger partial charge >= 0.3 is 0 Å². The zero-order valence-corrected chi connectivity index (χ0v) is 20.1. The van der Waals surface area contributed by atoms with Gasteiger partial charge in [0.1, 0.15) is 0 Å². The maximum absolute atomic E-state index is 11.7. The molecule has 0 bridgehead atoms. The molecular formula is C21H35IN4O3. The molecule has 0 aromatic heterocycles. The summed E-state index contributed by atoms with van der Waals surface area (Å²) in [5.41, 5.74) is 1.17. The number of halogens is 1. The first kappa shape index (κ1) is 25.3. The lowest BCUT2D eigenvalue weighted by Crippen LogP contribution is -2.39. The molecule has 0 atom stereocenters. The minimum atomic E-state index is 0.